The number of nitrogens with one attached hydrogen (secondary N) is 1. The largest absolute Gasteiger partial charge is 0.295 e. The minimum absolute atomic E-state index is 0.166. The Bertz CT molecular complexity index is 468. The van der Waals surface area contributed by atoms with Gasteiger partial charge in [-0.3, -0.25) is 14.9 Å². The van der Waals surface area contributed by atoms with Crippen molar-refractivity contribution in [3.63, 3.8) is 0 Å². The Balaban J connectivity index is 2.06. The number of carbonyl (C=O) groups excluding carboxylic acids is 2. The molecule has 1 aliphatic heterocycles. The molecule has 1 aromatic rings. The van der Waals surface area contributed by atoms with Gasteiger partial charge in [-0.25, -0.2) is 9.97 Å². The first-order valence-electron chi connectivity index (χ1n) is 4.79. The predicted octanol–water partition coefficient (Wildman–Crippen LogP) is -0.301. The van der Waals surface area contributed by atoms with E-state index in [1.807, 2.05) is 0 Å². The molecule has 1 aromatic heterocycles. The van der Waals surface area contributed by atoms with E-state index < -0.39 is 5.41 Å². The Labute approximate surface area is 85.9 Å². The lowest BCUT2D eigenvalue weighted by atomic mass is 9.97. The average Bonchev–Trinajstić information content (AvgIpc) is 2.90. The first-order valence-corrected chi connectivity index (χ1v) is 4.79. The fraction of sp³-hybridized carbons (Fsp3) is 0.400. The topological polar surface area (TPSA) is 72.0 Å². The van der Waals surface area contributed by atoms with Gasteiger partial charge >= 0.3 is 0 Å². The standard InChI is InChI=1S/C10H9N3O2/c1-5-11-3-6(4-12-5)10-2-7(10)8(14)13-9(10)15/h3-4,7H,2H2,1H3,(H,13,14,15). The number of aromatic nitrogens is 2. The van der Waals surface area contributed by atoms with Gasteiger partial charge in [0.25, 0.3) is 0 Å². The number of aryl methyl sites for hydroxylation is 1. The third-order valence-corrected chi connectivity index (χ3v) is 3.22. The van der Waals surface area contributed by atoms with Crippen molar-refractivity contribution in [1.29, 1.82) is 0 Å². The predicted molar refractivity (Wildman–Crippen MR) is 49.7 cm³/mol. The number of rotatable bonds is 1. The number of hydrogen-bond acceptors (Lipinski definition) is 4. The van der Waals surface area contributed by atoms with Crippen LogP contribution in [0.5, 0.6) is 0 Å². The summed E-state index contributed by atoms with van der Waals surface area (Å²) in [6.45, 7) is 1.78. The Hall–Kier alpha value is -1.78. The molecular weight excluding hydrogens is 194 g/mol. The van der Waals surface area contributed by atoms with E-state index in [9.17, 15) is 9.59 Å². The van der Waals surface area contributed by atoms with Gasteiger partial charge in [-0.2, -0.15) is 0 Å². The molecule has 15 heavy (non-hydrogen) atoms. The van der Waals surface area contributed by atoms with Crippen LogP contribution in [-0.4, -0.2) is 21.8 Å². The van der Waals surface area contributed by atoms with Crippen LogP contribution in [-0.2, 0) is 15.0 Å². The highest BCUT2D eigenvalue weighted by Gasteiger charge is 2.69. The molecule has 5 nitrogen and oxygen atoms in total. The molecule has 76 valence electrons. The number of carbonyl (C=O) groups is 2. The van der Waals surface area contributed by atoms with Gasteiger partial charge in [-0.1, -0.05) is 0 Å². The van der Waals surface area contributed by atoms with Gasteiger partial charge in [0.05, 0.1) is 11.3 Å². The van der Waals surface area contributed by atoms with Crippen LogP contribution in [0.1, 0.15) is 17.8 Å². The number of piperidine rings is 1. The molecule has 0 radical (unpaired) electrons. The van der Waals surface area contributed by atoms with Gasteiger partial charge in [-0.05, 0) is 13.3 Å². The average molecular weight is 203 g/mol. The molecule has 1 aliphatic carbocycles. The molecule has 2 amide bonds. The maximum Gasteiger partial charge on any atom is 0.238 e. The van der Waals surface area contributed by atoms with Crippen molar-refractivity contribution >= 4 is 11.8 Å². The Morgan fingerprint density at radius 2 is 2.07 bits per heavy atom. The molecule has 2 heterocycles. The molecule has 5 heteroatoms. The van der Waals surface area contributed by atoms with Crippen molar-refractivity contribution in [3.05, 3.63) is 23.8 Å². The molecule has 1 N–H and O–H groups in total. The minimum atomic E-state index is -0.648. The summed E-state index contributed by atoms with van der Waals surface area (Å²) < 4.78 is 0. The summed E-state index contributed by atoms with van der Waals surface area (Å²) in [5.41, 5.74) is 0.103. The fourth-order valence-corrected chi connectivity index (χ4v) is 2.21. The molecule has 1 saturated carbocycles. The van der Waals surface area contributed by atoms with Crippen LogP contribution in [0.25, 0.3) is 0 Å². The van der Waals surface area contributed by atoms with Crippen LogP contribution < -0.4 is 5.32 Å². The number of hydrogen-bond donors (Lipinski definition) is 1. The van der Waals surface area contributed by atoms with E-state index in [1.165, 1.54) is 0 Å². The molecule has 0 bridgehead atoms. The van der Waals surface area contributed by atoms with Gasteiger partial charge in [0.1, 0.15) is 5.82 Å². The number of imide groups is 1. The quantitative estimate of drug-likeness (QED) is 0.636. The number of nitrogens with zero attached hydrogens (tertiary/aromatic N) is 2. The molecule has 2 fully saturated rings. The Kier molecular flexibility index (Phi) is 1.37. The molecule has 1 saturated heterocycles. The van der Waals surface area contributed by atoms with Crippen LogP contribution in [0.3, 0.4) is 0 Å². The summed E-state index contributed by atoms with van der Waals surface area (Å²) in [5, 5.41) is 2.34. The molecule has 3 rings (SSSR count). The summed E-state index contributed by atoms with van der Waals surface area (Å²) in [7, 11) is 0. The molecule has 0 aromatic carbocycles. The van der Waals surface area contributed by atoms with E-state index in [0.29, 0.717) is 12.2 Å². The van der Waals surface area contributed by atoms with Crippen LogP contribution in [0.15, 0.2) is 12.4 Å². The first kappa shape index (κ1) is 8.52. The lowest BCUT2D eigenvalue weighted by molar-refractivity contribution is -0.127. The first-order chi connectivity index (χ1) is 7.14. The minimum Gasteiger partial charge on any atom is -0.295 e. The molecule has 2 unspecified atom stereocenters. The van der Waals surface area contributed by atoms with Crippen molar-refractivity contribution in [2.75, 3.05) is 0 Å². The van der Waals surface area contributed by atoms with E-state index in [1.54, 1.807) is 19.3 Å². The zero-order valence-corrected chi connectivity index (χ0v) is 8.15. The summed E-state index contributed by atoms with van der Waals surface area (Å²) >= 11 is 0. The Morgan fingerprint density at radius 3 is 2.53 bits per heavy atom. The summed E-state index contributed by atoms with van der Waals surface area (Å²) in [6.07, 6.45) is 3.88. The van der Waals surface area contributed by atoms with Gasteiger partial charge in [0.15, 0.2) is 0 Å². The lowest BCUT2D eigenvalue weighted by Crippen LogP contribution is -2.30. The van der Waals surface area contributed by atoms with Crippen molar-refractivity contribution < 1.29 is 9.59 Å². The monoisotopic (exact) mass is 203 g/mol. The van der Waals surface area contributed by atoms with E-state index in [4.69, 9.17) is 0 Å². The molecule has 2 atom stereocenters. The Morgan fingerprint density at radius 1 is 1.40 bits per heavy atom. The van der Waals surface area contributed by atoms with Crippen LogP contribution in [0.4, 0.5) is 0 Å². The highest BCUT2D eigenvalue weighted by atomic mass is 16.2. The highest BCUT2D eigenvalue weighted by Crippen LogP contribution is 2.57. The summed E-state index contributed by atoms with van der Waals surface area (Å²) in [5.74, 6) is 0.0962. The zero-order chi connectivity index (χ0) is 10.6. The third-order valence-electron chi connectivity index (χ3n) is 3.22. The van der Waals surface area contributed by atoms with E-state index in [0.717, 1.165) is 5.56 Å². The number of amides is 2. The second-order valence-corrected chi connectivity index (χ2v) is 4.07. The van der Waals surface area contributed by atoms with Gasteiger partial charge < -0.3 is 0 Å². The zero-order valence-electron chi connectivity index (χ0n) is 8.15. The lowest BCUT2D eigenvalue weighted by Gasteiger charge is -2.08. The maximum absolute atomic E-state index is 11.6. The van der Waals surface area contributed by atoms with E-state index in [2.05, 4.69) is 15.3 Å². The van der Waals surface area contributed by atoms with E-state index in [-0.39, 0.29) is 17.7 Å². The van der Waals surface area contributed by atoms with Crippen LogP contribution in [0.2, 0.25) is 0 Å². The smallest absolute Gasteiger partial charge is 0.238 e. The van der Waals surface area contributed by atoms with Gasteiger partial charge in [0, 0.05) is 18.0 Å². The van der Waals surface area contributed by atoms with Crippen LogP contribution in [0, 0.1) is 12.8 Å². The fourth-order valence-electron chi connectivity index (χ4n) is 2.21. The van der Waals surface area contributed by atoms with Gasteiger partial charge in [0.2, 0.25) is 11.8 Å². The molecule has 2 aliphatic rings. The normalized spacial score (nSPS) is 32.5. The van der Waals surface area contributed by atoms with Crippen LogP contribution >= 0.6 is 0 Å². The molecular formula is C10H9N3O2. The second-order valence-electron chi connectivity index (χ2n) is 4.07. The van der Waals surface area contributed by atoms with Crippen molar-refractivity contribution in [3.8, 4) is 0 Å². The maximum atomic E-state index is 11.6. The SMILES string of the molecule is Cc1ncc(C23CC2C(=O)NC3=O)cn1. The molecule has 0 spiro atoms. The van der Waals surface area contributed by atoms with Gasteiger partial charge in [-0.15, -0.1) is 0 Å². The van der Waals surface area contributed by atoms with E-state index >= 15 is 0 Å². The third kappa shape index (κ3) is 0.921. The van der Waals surface area contributed by atoms with Crippen molar-refractivity contribution in [1.82, 2.24) is 15.3 Å². The highest BCUT2D eigenvalue weighted by molar-refractivity contribution is 6.14. The summed E-state index contributed by atoms with van der Waals surface area (Å²) in [4.78, 5) is 31.1. The number of fused-ring (bicyclic) bond motifs is 1. The second kappa shape index (κ2) is 2.42. The van der Waals surface area contributed by atoms with Crippen molar-refractivity contribution in [2.24, 2.45) is 5.92 Å². The summed E-state index contributed by atoms with van der Waals surface area (Å²) in [6, 6.07) is 0. The van der Waals surface area contributed by atoms with Crippen molar-refractivity contribution in [2.45, 2.75) is 18.8 Å².